The average molecular weight is 725 g/mol. The molecule has 7 nitrogen and oxygen atoms in total. The van der Waals surface area contributed by atoms with E-state index in [0.717, 1.165) is 38.3 Å². The molecule has 4 aromatic rings. The Morgan fingerprint density at radius 2 is 1.54 bits per heavy atom. The van der Waals surface area contributed by atoms with Crippen molar-refractivity contribution in [3.8, 4) is 0 Å². The van der Waals surface area contributed by atoms with Crippen molar-refractivity contribution in [3.63, 3.8) is 0 Å². The first-order valence-electron chi connectivity index (χ1n) is 15.2. The molecule has 4 aromatic carbocycles. The summed E-state index contributed by atoms with van der Waals surface area (Å²) in [5.41, 5.74) is 3.38. The number of anilines is 1. The topological polar surface area (TPSA) is 86.8 Å². The Morgan fingerprint density at radius 1 is 0.870 bits per heavy atom. The zero-order valence-electron chi connectivity index (χ0n) is 26.2. The molecule has 0 heterocycles. The number of aryl methyl sites for hydroxylation is 1. The maximum absolute atomic E-state index is 14.6. The molecule has 0 saturated heterocycles. The van der Waals surface area contributed by atoms with Crippen molar-refractivity contribution in [2.45, 2.75) is 57.5 Å². The van der Waals surface area contributed by atoms with Gasteiger partial charge in [-0.05, 0) is 73.4 Å². The molecule has 0 fully saturated rings. The van der Waals surface area contributed by atoms with Crippen LogP contribution >= 0.6 is 27.5 Å². The van der Waals surface area contributed by atoms with Gasteiger partial charge >= 0.3 is 0 Å². The number of amides is 2. The van der Waals surface area contributed by atoms with E-state index in [1.807, 2.05) is 68.4 Å². The van der Waals surface area contributed by atoms with Crippen LogP contribution < -0.4 is 9.62 Å². The molecule has 0 aliphatic rings. The van der Waals surface area contributed by atoms with Crippen molar-refractivity contribution in [3.05, 3.63) is 129 Å². The summed E-state index contributed by atoms with van der Waals surface area (Å²) in [4.78, 5) is 30.0. The molecule has 4 rings (SSSR count). The zero-order chi connectivity index (χ0) is 33.3. The van der Waals surface area contributed by atoms with Crippen molar-refractivity contribution in [1.82, 2.24) is 10.2 Å². The minimum atomic E-state index is -4.22. The molecule has 10 heteroatoms. The van der Waals surface area contributed by atoms with E-state index in [2.05, 4.69) is 21.2 Å². The van der Waals surface area contributed by atoms with Gasteiger partial charge in [-0.15, -0.1) is 0 Å². The van der Waals surface area contributed by atoms with Crippen molar-refractivity contribution in [2.24, 2.45) is 0 Å². The molecule has 0 aromatic heterocycles. The van der Waals surface area contributed by atoms with Gasteiger partial charge in [0.05, 0.1) is 10.6 Å². The third kappa shape index (κ3) is 8.99. The summed E-state index contributed by atoms with van der Waals surface area (Å²) in [7, 11) is -4.22. The fourth-order valence-corrected chi connectivity index (χ4v) is 6.97. The maximum Gasteiger partial charge on any atom is 0.264 e. The first kappa shape index (κ1) is 35.2. The van der Waals surface area contributed by atoms with Crippen molar-refractivity contribution in [2.75, 3.05) is 17.4 Å². The highest BCUT2D eigenvalue weighted by atomic mass is 79.9. The number of unbranched alkanes of at least 4 members (excludes halogenated alkanes) is 1. The molecule has 1 unspecified atom stereocenters. The number of hydrogen-bond acceptors (Lipinski definition) is 4. The van der Waals surface area contributed by atoms with Crippen LogP contribution in [0, 0.1) is 13.8 Å². The minimum Gasteiger partial charge on any atom is -0.354 e. The van der Waals surface area contributed by atoms with Crippen LogP contribution in [0.4, 0.5) is 5.69 Å². The van der Waals surface area contributed by atoms with E-state index in [0.29, 0.717) is 17.1 Å². The summed E-state index contributed by atoms with van der Waals surface area (Å²) in [6.07, 6.45) is 1.94. The molecule has 0 saturated carbocycles. The lowest BCUT2D eigenvalue weighted by Crippen LogP contribution is -2.53. The number of carbonyl (C=O) groups excluding carboxylic acids is 2. The number of sulfonamides is 1. The molecule has 242 valence electrons. The van der Waals surface area contributed by atoms with Gasteiger partial charge in [-0.2, -0.15) is 0 Å². The second-order valence-corrected chi connectivity index (χ2v) is 14.4. The Morgan fingerprint density at radius 3 is 2.20 bits per heavy atom. The van der Waals surface area contributed by atoms with Crippen LogP contribution in [0.3, 0.4) is 0 Å². The maximum atomic E-state index is 14.6. The van der Waals surface area contributed by atoms with Crippen LogP contribution in [0.15, 0.2) is 106 Å². The molecule has 0 spiro atoms. The molecule has 2 amide bonds. The van der Waals surface area contributed by atoms with E-state index in [1.165, 1.54) is 17.0 Å². The summed E-state index contributed by atoms with van der Waals surface area (Å²) in [6.45, 7) is 5.66. The Bertz CT molecular complexity index is 1730. The molecule has 1 atom stereocenters. The second-order valence-electron chi connectivity index (χ2n) is 11.2. The van der Waals surface area contributed by atoms with Crippen LogP contribution in [-0.4, -0.2) is 44.3 Å². The molecule has 1 N–H and O–H groups in total. The highest BCUT2D eigenvalue weighted by Crippen LogP contribution is 2.31. The SMILES string of the molecule is CCCCNC(=O)C(Cc1ccccc1)N(Cc1ccc(Br)cc1)C(=O)CN(c1cccc(Cl)c1C)S(=O)(=O)c1ccc(C)cc1. The predicted molar refractivity (Wildman–Crippen MR) is 188 cm³/mol. The lowest BCUT2D eigenvalue weighted by atomic mass is 10.0. The quantitative estimate of drug-likeness (QED) is 0.137. The van der Waals surface area contributed by atoms with Gasteiger partial charge in [0, 0.05) is 29.0 Å². The van der Waals surface area contributed by atoms with Crippen molar-refractivity contribution in [1.29, 1.82) is 0 Å². The van der Waals surface area contributed by atoms with Gasteiger partial charge in [0.25, 0.3) is 10.0 Å². The van der Waals surface area contributed by atoms with E-state index in [-0.39, 0.29) is 29.5 Å². The summed E-state index contributed by atoms with van der Waals surface area (Å²) in [5.74, 6) is -0.820. The highest BCUT2D eigenvalue weighted by Gasteiger charge is 2.35. The largest absolute Gasteiger partial charge is 0.354 e. The molecule has 0 bridgehead atoms. The van der Waals surface area contributed by atoms with Crippen LogP contribution in [0.25, 0.3) is 0 Å². The molecule has 0 radical (unpaired) electrons. The predicted octanol–water partition coefficient (Wildman–Crippen LogP) is 7.47. The molecular weight excluding hydrogens is 686 g/mol. The van der Waals surface area contributed by atoms with Gasteiger partial charge in [-0.1, -0.05) is 107 Å². The van der Waals surface area contributed by atoms with Crippen LogP contribution in [0.2, 0.25) is 5.02 Å². The number of rotatable bonds is 14. The first-order valence-corrected chi connectivity index (χ1v) is 17.8. The number of hydrogen-bond donors (Lipinski definition) is 1. The second kappa shape index (κ2) is 16.3. The summed E-state index contributed by atoms with van der Waals surface area (Å²) in [6, 6.07) is 27.6. The van der Waals surface area contributed by atoms with Gasteiger partial charge in [0.1, 0.15) is 12.6 Å². The number of nitrogens with zero attached hydrogens (tertiary/aromatic N) is 2. The molecule has 46 heavy (non-hydrogen) atoms. The Kier molecular flexibility index (Phi) is 12.4. The van der Waals surface area contributed by atoms with E-state index >= 15 is 0 Å². The van der Waals surface area contributed by atoms with E-state index in [4.69, 9.17) is 11.6 Å². The zero-order valence-corrected chi connectivity index (χ0v) is 29.4. The number of benzene rings is 4. The standard InChI is InChI=1S/C36H39BrClN3O4S/c1-4-5-22-39-36(43)34(23-28-10-7-6-8-11-28)40(24-29-16-18-30(37)19-17-29)35(42)25-41(33-13-9-12-32(38)27(33)3)46(44,45)31-20-14-26(2)15-21-31/h6-21,34H,4-5,22-25H2,1-3H3,(H,39,43). The normalized spacial score (nSPS) is 11.9. The van der Waals surface area contributed by atoms with E-state index < -0.39 is 28.5 Å². The monoisotopic (exact) mass is 723 g/mol. The average Bonchev–Trinajstić information content (AvgIpc) is 3.04. The number of halogens is 2. The van der Waals surface area contributed by atoms with Gasteiger partial charge in [0.2, 0.25) is 11.8 Å². The fourth-order valence-electron chi connectivity index (χ4n) is 5.06. The first-order chi connectivity index (χ1) is 22.0. The number of nitrogens with one attached hydrogen (secondary N) is 1. The lowest BCUT2D eigenvalue weighted by Gasteiger charge is -2.34. The van der Waals surface area contributed by atoms with Crippen LogP contribution in [-0.2, 0) is 32.6 Å². The summed E-state index contributed by atoms with van der Waals surface area (Å²) >= 11 is 9.93. The van der Waals surface area contributed by atoms with Crippen molar-refractivity contribution < 1.29 is 18.0 Å². The Hall–Kier alpha value is -3.66. The molecular formula is C36H39BrClN3O4S. The van der Waals surface area contributed by atoms with Gasteiger partial charge in [-0.25, -0.2) is 8.42 Å². The van der Waals surface area contributed by atoms with Gasteiger partial charge < -0.3 is 10.2 Å². The Labute approximate surface area is 285 Å². The van der Waals surface area contributed by atoms with Gasteiger partial charge in [-0.3, -0.25) is 13.9 Å². The summed E-state index contributed by atoms with van der Waals surface area (Å²) < 4.78 is 30.5. The third-order valence-electron chi connectivity index (χ3n) is 7.76. The molecule has 0 aliphatic carbocycles. The lowest BCUT2D eigenvalue weighted by molar-refractivity contribution is -0.140. The van der Waals surface area contributed by atoms with Gasteiger partial charge in [0.15, 0.2) is 0 Å². The van der Waals surface area contributed by atoms with E-state index in [1.54, 1.807) is 37.3 Å². The third-order valence-corrected chi connectivity index (χ3v) is 10.5. The number of carbonyl (C=O) groups is 2. The van der Waals surface area contributed by atoms with E-state index in [9.17, 15) is 18.0 Å². The molecule has 0 aliphatic heterocycles. The smallest absolute Gasteiger partial charge is 0.264 e. The Balaban J connectivity index is 1.81. The highest BCUT2D eigenvalue weighted by molar-refractivity contribution is 9.10. The minimum absolute atomic E-state index is 0.0443. The van der Waals surface area contributed by atoms with Crippen LogP contribution in [0.5, 0.6) is 0 Å². The fraction of sp³-hybridized carbons (Fsp3) is 0.278. The van der Waals surface area contributed by atoms with Crippen molar-refractivity contribution >= 4 is 55.1 Å². The van der Waals surface area contributed by atoms with Crippen LogP contribution in [0.1, 0.15) is 42.0 Å². The summed E-state index contributed by atoms with van der Waals surface area (Å²) in [5, 5.41) is 3.38.